The average Bonchev–Trinajstić information content (AvgIpc) is 3.02. The van der Waals surface area contributed by atoms with E-state index in [0.717, 1.165) is 26.7 Å². The predicted molar refractivity (Wildman–Crippen MR) is 104 cm³/mol. The third-order valence-corrected chi connectivity index (χ3v) is 5.38. The molecule has 0 bridgehead atoms. The van der Waals surface area contributed by atoms with Crippen LogP contribution in [0.1, 0.15) is 16.1 Å². The fourth-order valence-electron chi connectivity index (χ4n) is 2.29. The Labute approximate surface area is 161 Å². The second kappa shape index (κ2) is 8.29. The molecule has 0 saturated carbocycles. The van der Waals surface area contributed by atoms with E-state index in [1.807, 2.05) is 32.0 Å². The molecule has 2 aromatic heterocycles. The summed E-state index contributed by atoms with van der Waals surface area (Å²) in [5.74, 6) is 0.434. The maximum atomic E-state index is 12.0. The molecule has 0 fully saturated rings. The van der Waals surface area contributed by atoms with Crippen LogP contribution in [0.4, 0.5) is 0 Å². The summed E-state index contributed by atoms with van der Waals surface area (Å²) in [5, 5.41) is 4.43. The number of rotatable bonds is 6. The summed E-state index contributed by atoms with van der Waals surface area (Å²) in [6, 6.07) is 9.16. The van der Waals surface area contributed by atoms with Gasteiger partial charge in [-0.1, -0.05) is 11.6 Å². The first-order valence-electron chi connectivity index (χ1n) is 8.05. The van der Waals surface area contributed by atoms with Crippen molar-refractivity contribution in [2.75, 3.05) is 6.61 Å². The van der Waals surface area contributed by atoms with Crippen molar-refractivity contribution in [1.29, 1.82) is 0 Å². The largest absolute Gasteiger partial charge is 0.484 e. The Hall–Kier alpha value is -2.44. The number of hydrogen-bond donors (Lipinski definition) is 1. The van der Waals surface area contributed by atoms with Gasteiger partial charge < -0.3 is 10.1 Å². The number of pyridine rings is 1. The van der Waals surface area contributed by atoms with Gasteiger partial charge in [-0.05, 0) is 49.7 Å². The van der Waals surface area contributed by atoms with Crippen molar-refractivity contribution in [3.63, 3.8) is 0 Å². The highest BCUT2D eigenvalue weighted by molar-refractivity contribution is 7.15. The normalized spacial score (nSPS) is 10.6. The zero-order valence-corrected chi connectivity index (χ0v) is 16.0. The molecule has 0 aliphatic carbocycles. The summed E-state index contributed by atoms with van der Waals surface area (Å²) < 4.78 is 5.51. The Kier molecular flexibility index (Phi) is 5.85. The topological polar surface area (TPSA) is 64.1 Å². The number of halogens is 1. The van der Waals surface area contributed by atoms with E-state index >= 15 is 0 Å². The van der Waals surface area contributed by atoms with Crippen LogP contribution in [0, 0.1) is 13.8 Å². The highest BCUT2D eigenvalue weighted by atomic mass is 35.5. The average molecular weight is 388 g/mol. The minimum atomic E-state index is -0.187. The molecule has 0 spiro atoms. The van der Waals surface area contributed by atoms with Gasteiger partial charge in [-0.2, -0.15) is 0 Å². The molecular formula is C19H18ClN3O2S. The Morgan fingerprint density at radius 2 is 2.15 bits per heavy atom. The van der Waals surface area contributed by atoms with E-state index in [0.29, 0.717) is 17.3 Å². The van der Waals surface area contributed by atoms with Crippen LogP contribution in [0.25, 0.3) is 10.6 Å². The molecule has 1 amide bonds. The number of amides is 1. The van der Waals surface area contributed by atoms with Crippen LogP contribution in [-0.4, -0.2) is 22.5 Å². The summed E-state index contributed by atoms with van der Waals surface area (Å²) in [5.41, 5.74) is 2.79. The summed E-state index contributed by atoms with van der Waals surface area (Å²) in [6.07, 6.45) is 3.51. The second-order valence-electron chi connectivity index (χ2n) is 5.75. The Bertz CT molecular complexity index is 912. The number of hydrogen-bond acceptors (Lipinski definition) is 5. The van der Waals surface area contributed by atoms with Gasteiger partial charge in [0.25, 0.3) is 5.91 Å². The van der Waals surface area contributed by atoms with E-state index in [4.69, 9.17) is 16.3 Å². The van der Waals surface area contributed by atoms with Gasteiger partial charge in [0, 0.05) is 27.9 Å². The van der Waals surface area contributed by atoms with Gasteiger partial charge in [-0.15, -0.1) is 11.3 Å². The lowest BCUT2D eigenvalue weighted by molar-refractivity contribution is -0.123. The van der Waals surface area contributed by atoms with Crippen molar-refractivity contribution >= 4 is 28.8 Å². The molecule has 0 radical (unpaired) electrons. The summed E-state index contributed by atoms with van der Waals surface area (Å²) in [7, 11) is 0. The van der Waals surface area contributed by atoms with E-state index in [-0.39, 0.29) is 12.5 Å². The molecule has 3 aromatic rings. The highest BCUT2D eigenvalue weighted by Crippen LogP contribution is 2.27. The molecule has 1 N–H and O–H groups in total. The first-order chi connectivity index (χ1) is 12.5. The number of carbonyl (C=O) groups excluding carboxylic acids is 1. The molecule has 26 heavy (non-hydrogen) atoms. The Balaban J connectivity index is 1.54. The van der Waals surface area contributed by atoms with Crippen molar-refractivity contribution < 1.29 is 9.53 Å². The molecule has 0 saturated heterocycles. The van der Waals surface area contributed by atoms with Gasteiger partial charge in [0.1, 0.15) is 10.8 Å². The van der Waals surface area contributed by atoms with E-state index in [1.54, 1.807) is 35.9 Å². The number of nitrogens with zero attached hydrogens (tertiary/aromatic N) is 2. The first-order valence-corrected chi connectivity index (χ1v) is 9.24. The molecule has 2 heterocycles. The van der Waals surface area contributed by atoms with Gasteiger partial charge in [0.05, 0.1) is 12.2 Å². The summed E-state index contributed by atoms with van der Waals surface area (Å²) >= 11 is 7.53. The molecule has 0 aliphatic rings. The van der Waals surface area contributed by atoms with Crippen molar-refractivity contribution in [3.05, 3.63) is 63.9 Å². The monoisotopic (exact) mass is 387 g/mol. The van der Waals surface area contributed by atoms with Gasteiger partial charge in [-0.3, -0.25) is 9.78 Å². The van der Waals surface area contributed by atoms with E-state index in [1.165, 1.54) is 0 Å². The maximum Gasteiger partial charge on any atom is 0.258 e. The maximum absolute atomic E-state index is 12.0. The molecule has 7 heteroatoms. The van der Waals surface area contributed by atoms with Crippen molar-refractivity contribution in [2.45, 2.75) is 20.4 Å². The molecule has 0 unspecified atom stereocenters. The Morgan fingerprint density at radius 3 is 2.88 bits per heavy atom. The van der Waals surface area contributed by atoms with Crippen molar-refractivity contribution in [3.8, 4) is 16.3 Å². The number of carbonyl (C=O) groups is 1. The zero-order chi connectivity index (χ0) is 18.5. The van der Waals surface area contributed by atoms with Gasteiger partial charge in [-0.25, -0.2) is 4.98 Å². The molecule has 5 nitrogen and oxygen atoms in total. The number of aryl methyl sites for hydroxylation is 2. The Morgan fingerprint density at radius 1 is 1.31 bits per heavy atom. The minimum Gasteiger partial charge on any atom is -0.484 e. The van der Waals surface area contributed by atoms with Gasteiger partial charge in [0.2, 0.25) is 0 Å². The summed E-state index contributed by atoms with van der Waals surface area (Å²) in [6.45, 7) is 4.20. The molecule has 134 valence electrons. The fraction of sp³-hybridized carbons (Fsp3) is 0.211. The fourth-order valence-corrected chi connectivity index (χ4v) is 3.40. The van der Waals surface area contributed by atoms with Crippen LogP contribution >= 0.6 is 22.9 Å². The van der Waals surface area contributed by atoms with E-state index < -0.39 is 0 Å². The smallest absolute Gasteiger partial charge is 0.258 e. The molecule has 1 aromatic carbocycles. The third-order valence-electron chi connectivity index (χ3n) is 3.75. The second-order valence-corrected chi connectivity index (χ2v) is 7.24. The van der Waals surface area contributed by atoms with Crippen LogP contribution in [-0.2, 0) is 11.3 Å². The van der Waals surface area contributed by atoms with Crippen LogP contribution in [0.15, 0.2) is 42.7 Å². The van der Waals surface area contributed by atoms with E-state index in [2.05, 4.69) is 15.3 Å². The SMILES string of the molecule is Cc1cc(OCC(=O)NCc2sc(-c3cccnc3)nc2C)ccc1Cl. The lowest BCUT2D eigenvalue weighted by atomic mass is 10.2. The zero-order valence-electron chi connectivity index (χ0n) is 14.5. The number of nitrogens with one attached hydrogen (secondary N) is 1. The third kappa shape index (κ3) is 4.59. The van der Waals surface area contributed by atoms with Gasteiger partial charge >= 0.3 is 0 Å². The predicted octanol–water partition coefficient (Wildman–Crippen LogP) is 4.17. The number of aromatic nitrogens is 2. The van der Waals surface area contributed by atoms with Gasteiger partial charge in [0.15, 0.2) is 6.61 Å². The molecule has 0 atom stereocenters. The standard InChI is InChI=1S/C19H18ClN3O2S/c1-12-8-15(5-6-16(12)20)25-11-18(24)22-10-17-13(2)23-19(26-17)14-4-3-7-21-9-14/h3-9H,10-11H2,1-2H3,(H,22,24). The van der Waals surface area contributed by atoms with Crippen LogP contribution in [0.5, 0.6) is 5.75 Å². The lowest BCUT2D eigenvalue weighted by Crippen LogP contribution is -2.28. The highest BCUT2D eigenvalue weighted by Gasteiger charge is 2.11. The van der Waals surface area contributed by atoms with Crippen LogP contribution in [0.2, 0.25) is 5.02 Å². The number of thiazole rings is 1. The van der Waals surface area contributed by atoms with Crippen molar-refractivity contribution in [1.82, 2.24) is 15.3 Å². The van der Waals surface area contributed by atoms with Crippen LogP contribution in [0.3, 0.4) is 0 Å². The molecular weight excluding hydrogens is 370 g/mol. The number of ether oxygens (including phenoxy) is 1. The van der Waals surface area contributed by atoms with E-state index in [9.17, 15) is 4.79 Å². The molecule has 0 aliphatic heterocycles. The number of benzene rings is 1. The minimum absolute atomic E-state index is 0.0472. The first kappa shape index (κ1) is 18.4. The lowest BCUT2D eigenvalue weighted by Gasteiger charge is -2.08. The molecule has 3 rings (SSSR count). The summed E-state index contributed by atoms with van der Waals surface area (Å²) in [4.78, 5) is 21.7. The quantitative estimate of drug-likeness (QED) is 0.689. The van der Waals surface area contributed by atoms with Crippen LogP contribution < -0.4 is 10.1 Å². The van der Waals surface area contributed by atoms with Crippen molar-refractivity contribution in [2.24, 2.45) is 0 Å².